The Balaban J connectivity index is 1.48. The summed E-state index contributed by atoms with van der Waals surface area (Å²) in [7, 11) is 0. The number of amides is 3. The molecule has 41 heavy (non-hydrogen) atoms. The van der Waals surface area contributed by atoms with Crippen molar-refractivity contribution in [2.45, 2.75) is 17.1 Å². The van der Waals surface area contributed by atoms with Crippen molar-refractivity contribution in [1.29, 1.82) is 0 Å². The molecule has 0 fully saturated rings. The molecule has 208 valence electrons. The van der Waals surface area contributed by atoms with Crippen LogP contribution in [-0.2, 0) is 9.59 Å². The number of anilines is 2. The Bertz CT molecular complexity index is 1600. The van der Waals surface area contributed by atoms with Crippen molar-refractivity contribution in [3.05, 3.63) is 128 Å². The van der Waals surface area contributed by atoms with Crippen LogP contribution in [0.5, 0.6) is 0 Å². The van der Waals surface area contributed by atoms with Gasteiger partial charge in [-0.25, -0.2) is 0 Å². The van der Waals surface area contributed by atoms with E-state index < -0.39 is 17.1 Å². The zero-order valence-corrected chi connectivity index (χ0v) is 25.6. The van der Waals surface area contributed by atoms with Gasteiger partial charge in [0.2, 0.25) is 5.91 Å². The Hall–Kier alpha value is -3.56. The first kappa shape index (κ1) is 30.4. The van der Waals surface area contributed by atoms with Gasteiger partial charge in [-0.1, -0.05) is 81.6 Å². The topological polar surface area (TPSA) is 87.3 Å². The number of hydrogen-bond donors (Lipinski definition) is 3. The minimum atomic E-state index is -0.499. The monoisotopic (exact) mass is 667 g/mol. The molecular formula is C31H24BrCl2N3O3S. The summed E-state index contributed by atoms with van der Waals surface area (Å²) in [6.07, 6.45) is 1.61. The van der Waals surface area contributed by atoms with Gasteiger partial charge in [-0.3, -0.25) is 14.4 Å². The average Bonchev–Trinajstić information content (AvgIpc) is 2.96. The molecule has 0 aliphatic carbocycles. The van der Waals surface area contributed by atoms with E-state index in [1.807, 2.05) is 36.4 Å². The fourth-order valence-corrected chi connectivity index (χ4v) is 5.14. The van der Waals surface area contributed by atoms with Crippen molar-refractivity contribution in [1.82, 2.24) is 5.32 Å². The van der Waals surface area contributed by atoms with Crippen molar-refractivity contribution < 1.29 is 14.4 Å². The molecule has 0 aromatic heterocycles. The predicted molar refractivity (Wildman–Crippen MR) is 172 cm³/mol. The molecule has 0 radical (unpaired) electrons. The summed E-state index contributed by atoms with van der Waals surface area (Å²) >= 11 is 17.0. The Morgan fingerprint density at radius 1 is 0.854 bits per heavy atom. The normalized spacial score (nSPS) is 11.9. The Morgan fingerprint density at radius 3 is 2.29 bits per heavy atom. The third-order valence-corrected chi connectivity index (χ3v) is 8.13. The molecule has 0 aliphatic heterocycles. The van der Waals surface area contributed by atoms with Gasteiger partial charge < -0.3 is 16.0 Å². The van der Waals surface area contributed by atoms with E-state index in [1.54, 1.807) is 73.7 Å². The van der Waals surface area contributed by atoms with Crippen LogP contribution >= 0.6 is 50.9 Å². The van der Waals surface area contributed by atoms with Gasteiger partial charge in [0.1, 0.15) is 5.70 Å². The van der Waals surface area contributed by atoms with Crippen LogP contribution in [0.15, 0.2) is 112 Å². The quantitative estimate of drug-likeness (QED) is 0.124. The first-order valence-corrected chi connectivity index (χ1v) is 14.8. The number of benzene rings is 4. The Kier molecular flexibility index (Phi) is 10.7. The minimum absolute atomic E-state index is 0.0744. The van der Waals surface area contributed by atoms with Crippen LogP contribution in [0.4, 0.5) is 11.4 Å². The van der Waals surface area contributed by atoms with Gasteiger partial charge in [0.15, 0.2) is 0 Å². The van der Waals surface area contributed by atoms with Crippen molar-refractivity contribution in [2.24, 2.45) is 0 Å². The minimum Gasteiger partial charge on any atom is -0.324 e. The molecule has 0 aliphatic rings. The van der Waals surface area contributed by atoms with Crippen molar-refractivity contribution in [3.8, 4) is 0 Å². The number of carbonyl (C=O) groups excluding carboxylic acids is 3. The van der Waals surface area contributed by atoms with Gasteiger partial charge in [0, 0.05) is 20.6 Å². The standard InChI is InChI=1S/C31H24BrCl2N3O3S/c1-19(29(38)36-26-12-6-11-25(33)28(26)34)41-24-10-5-9-23(18-24)35-31(40)27(17-20-13-15-22(32)16-14-20)37-30(39)21-7-3-2-4-8-21/h2-19H,1H3,(H,35,40)(H,36,38)(H,37,39)/b27-17+. The highest BCUT2D eigenvalue weighted by Crippen LogP contribution is 2.31. The predicted octanol–water partition coefficient (Wildman–Crippen LogP) is 8.28. The van der Waals surface area contributed by atoms with Crippen LogP contribution in [0, 0.1) is 0 Å². The van der Waals surface area contributed by atoms with E-state index in [1.165, 1.54) is 11.8 Å². The van der Waals surface area contributed by atoms with Gasteiger partial charge in [-0.15, -0.1) is 11.8 Å². The SMILES string of the molecule is CC(Sc1cccc(NC(=O)/C(=C\c2ccc(Br)cc2)NC(=O)c2ccccc2)c1)C(=O)Nc1cccc(Cl)c1Cl. The zero-order valence-electron chi connectivity index (χ0n) is 21.7. The number of carbonyl (C=O) groups is 3. The van der Waals surface area contributed by atoms with Gasteiger partial charge in [-0.2, -0.15) is 0 Å². The smallest absolute Gasteiger partial charge is 0.272 e. The molecular weight excluding hydrogens is 645 g/mol. The number of nitrogens with one attached hydrogen (secondary N) is 3. The summed E-state index contributed by atoms with van der Waals surface area (Å²) in [6, 6.07) is 28.1. The van der Waals surface area contributed by atoms with E-state index in [0.717, 1.165) is 14.9 Å². The molecule has 3 N–H and O–H groups in total. The molecule has 0 spiro atoms. The van der Waals surface area contributed by atoms with E-state index >= 15 is 0 Å². The molecule has 6 nitrogen and oxygen atoms in total. The van der Waals surface area contributed by atoms with Gasteiger partial charge in [0.05, 0.1) is 21.0 Å². The molecule has 3 amide bonds. The summed E-state index contributed by atoms with van der Waals surface area (Å²) in [5, 5.41) is 8.52. The van der Waals surface area contributed by atoms with E-state index in [-0.39, 0.29) is 16.6 Å². The van der Waals surface area contributed by atoms with Crippen molar-refractivity contribution in [2.75, 3.05) is 10.6 Å². The van der Waals surface area contributed by atoms with Gasteiger partial charge in [0.25, 0.3) is 11.8 Å². The summed E-state index contributed by atoms with van der Waals surface area (Å²) in [4.78, 5) is 39.8. The summed E-state index contributed by atoms with van der Waals surface area (Å²) in [5.74, 6) is -1.16. The molecule has 0 bridgehead atoms. The molecule has 0 heterocycles. The lowest BCUT2D eigenvalue weighted by Crippen LogP contribution is -2.30. The molecule has 1 atom stereocenters. The second-order valence-electron chi connectivity index (χ2n) is 8.76. The fourth-order valence-electron chi connectivity index (χ4n) is 3.61. The maximum absolute atomic E-state index is 13.4. The lowest BCUT2D eigenvalue weighted by molar-refractivity contribution is -0.115. The lowest BCUT2D eigenvalue weighted by atomic mass is 10.1. The maximum atomic E-state index is 13.4. The van der Waals surface area contributed by atoms with E-state index in [0.29, 0.717) is 22.0 Å². The molecule has 10 heteroatoms. The van der Waals surface area contributed by atoms with Gasteiger partial charge >= 0.3 is 0 Å². The largest absolute Gasteiger partial charge is 0.324 e. The van der Waals surface area contributed by atoms with Crippen molar-refractivity contribution in [3.63, 3.8) is 0 Å². The van der Waals surface area contributed by atoms with Gasteiger partial charge in [-0.05, 0) is 73.2 Å². The number of halogens is 3. The third kappa shape index (κ3) is 8.71. The number of hydrogen-bond acceptors (Lipinski definition) is 4. The molecule has 1 unspecified atom stereocenters. The highest BCUT2D eigenvalue weighted by Gasteiger charge is 2.18. The number of rotatable bonds is 9. The second kappa shape index (κ2) is 14.4. The lowest BCUT2D eigenvalue weighted by Gasteiger charge is -2.15. The van der Waals surface area contributed by atoms with Crippen LogP contribution in [0.2, 0.25) is 10.0 Å². The first-order chi connectivity index (χ1) is 19.7. The van der Waals surface area contributed by atoms with Crippen molar-refractivity contribution >= 4 is 86.1 Å². The Labute approximate surface area is 260 Å². The summed E-state index contributed by atoms with van der Waals surface area (Å²) < 4.78 is 0.891. The van der Waals surface area contributed by atoms with E-state index in [2.05, 4.69) is 31.9 Å². The van der Waals surface area contributed by atoms with E-state index in [9.17, 15) is 14.4 Å². The fraction of sp³-hybridized carbons (Fsp3) is 0.0645. The Morgan fingerprint density at radius 2 is 1.56 bits per heavy atom. The van der Waals surface area contributed by atoms with Crippen LogP contribution in [0.25, 0.3) is 6.08 Å². The third-order valence-electron chi connectivity index (χ3n) is 5.69. The first-order valence-electron chi connectivity index (χ1n) is 12.4. The van der Waals surface area contributed by atoms with Crippen LogP contribution in [-0.4, -0.2) is 23.0 Å². The summed E-state index contributed by atoms with van der Waals surface area (Å²) in [5.41, 5.74) is 2.16. The molecule has 0 saturated heterocycles. The zero-order chi connectivity index (χ0) is 29.4. The molecule has 4 rings (SSSR count). The molecule has 0 saturated carbocycles. The highest BCUT2D eigenvalue weighted by molar-refractivity contribution is 9.10. The van der Waals surface area contributed by atoms with Crippen LogP contribution < -0.4 is 16.0 Å². The molecule has 4 aromatic carbocycles. The van der Waals surface area contributed by atoms with E-state index in [4.69, 9.17) is 23.2 Å². The summed E-state index contributed by atoms with van der Waals surface area (Å²) in [6.45, 7) is 1.77. The second-order valence-corrected chi connectivity index (χ2v) is 11.9. The van der Waals surface area contributed by atoms with Crippen LogP contribution in [0.1, 0.15) is 22.8 Å². The maximum Gasteiger partial charge on any atom is 0.272 e. The number of thioether (sulfide) groups is 1. The average molecular weight is 669 g/mol. The molecule has 4 aromatic rings. The van der Waals surface area contributed by atoms with Crippen LogP contribution in [0.3, 0.4) is 0 Å². The highest BCUT2D eigenvalue weighted by atomic mass is 79.9.